The minimum absolute atomic E-state index is 0.0645. The summed E-state index contributed by atoms with van der Waals surface area (Å²) in [6.07, 6.45) is 6.23. The molecule has 1 aromatic heterocycles. The number of rotatable bonds is 3. The lowest BCUT2D eigenvalue weighted by atomic mass is 9.75. The quantitative estimate of drug-likeness (QED) is 0.879. The van der Waals surface area contributed by atoms with Gasteiger partial charge in [0.15, 0.2) is 0 Å². The van der Waals surface area contributed by atoms with E-state index in [4.69, 9.17) is 0 Å². The van der Waals surface area contributed by atoms with Crippen molar-refractivity contribution in [3.63, 3.8) is 0 Å². The Balaban J connectivity index is 1.96. The van der Waals surface area contributed by atoms with Gasteiger partial charge in [-0.2, -0.15) is 0 Å². The van der Waals surface area contributed by atoms with Gasteiger partial charge in [0.25, 0.3) is 5.91 Å². The number of aromatic nitrogens is 1. The zero-order valence-electron chi connectivity index (χ0n) is 12.0. The molecule has 2 rings (SSSR count). The Morgan fingerprint density at radius 1 is 1.42 bits per heavy atom. The molecule has 0 radical (unpaired) electrons. The molecule has 0 aromatic carbocycles. The van der Waals surface area contributed by atoms with Gasteiger partial charge in [0.1, 0.15) is 5.69 Å². The number of nitrogens with zero attached hydrogens (tertiary/aromatic N) is 1. The van der Waals surface area contributed by atoms with Crippen LogP contribution in [0, 0.1) is 5.41 Å². The van der Waals surface area contributed by atoms with Gasteiger partial charge in [-0.25, -0.2) is 4.98 Å². The van der Waals surface area contributed by atoms with Crippen LogP contribution in [0.15, 0.2) is 18.3 Å². The van der Waals surface area contributed by atoms with Crippen LogP contribution in [0.25, 0.3) is 0 Å². The highest BCUT2D eigenvalue weighted by Crippen LogP contribution is 2.35. The average Bonchev–Trinajstić information content (AvgIpc) is 2.37. The zero-order valence-corrected chi connectivity index (χ0v) is 12.0. The summed E-state index contributed by atoms with van der Waals surface area (Å²) in [5.41, 5.74) is 1.73. The van der Waals surface area contributed by atoms with Gasteiger partial charge in [0.05, 0.1) is 11.9 Å². The van der Waals surface area contributed by atoms with Gasteiger partial charge in [-0.15, -0.1) is 0 Å². The molecule has 0 saturated heterocycles. The second-order valence-electron chi connectivity index (χ2n) is 6.11. The minimum Gasteiger partial charge on any atom is -0.387 e. The van der Waals surface area contributed by atoms with Crippen molar-refractivity contribution >= 4 is 11.6 Å². The SMILES string of the molecule is CNc1ccc(C(=O)NC2CCCC(C)(C)C2)nc1. The molecule has 1 heterocycles. The number of anilines is 1. The summed E-state index contributed by atoms with van der Waals surface area (Å²) in [5, 5.41) is 6.10. The van der Waals surface area contributed by atoms with Crippen molar-refractivity contribution in [3.8, 4) is 0 Å². The van der Waals surface area contributed by atoms with E-state index in [1.54, 1.807) is 12.3 Å². The summed E-state index contributed by atoms with van der Waals surface area (Å²) in [4.78, 5) is 16.3. The van der Waals surface area contributed by atoms with E-state index in [-0.39, 0.29) is 11.9 Å². The first-order valence-corrected chi connectivity index (χ1v) is 6.95. The molecular weight excluding hydrogens is 238 g/mol. The predicted molar refractivity (Wildman–Crippen MR) is 77.3 cm³/mol. The Labute approximate surface area is 115 Å². The molecule has 2 N–H and O–H groups in total. The van der Waals surface area contributed by atoms with Crippen LogP contribution in [0.2, 0.25) is 0 Å². The van der Waals surface area contributed by atoms with Crippen molar-refractivity contribution in [2.45, 2.75) is 45.6 Å². The summed E-state index contributed by atoms with van der Waals surface area (Å²) in [6, 6.07) is 3.91. The molecule has 0 bridgehead atoms. The molecule has 1 aliphatic carbocycles. The van der Waals surface area contributed by atoms with Gasteiger partial charge in [-0.3, -0.25) is 4.79 Å². The van der Waals surface area contributed by atoms with E-state index < -0.39 is 0 Å². The first kappa shape index (κ1) is 13.8. The summed E-state index contributed by atoms with van der Waals surface area (Å²) >= 11 is 0. The van der Waals surface area contributed by atoms with Crippen molar-refractivity contribution in [2.24, 2.45) is 5.41 Å². The molecular formula is C15H23N3O. The Kier molecular flexibility index (Phi) is 4.08. The third-order valence-corrected chi connectivity index (χ3v) is 3.83. The summed E-state index contributed by atoms with van der Waals surface area (Å²) in [7, 11) is 1.83. The van der Waals surface area contributed by atoms with Gasteiger partial charge in [-0.05, 0) is 36.8 Å². The lowest BCUT2D eigenvalue weighted by molar-refractivity contribution is 0.0897. The van der Waals surface area contributed by atoms with Gasteiger partial charge >= 0.3 is 0 Å². The normalized spacial score (nSPS) is 21.7. The maximum atomic E-state index is 12.1. The van der Waals surface area contributed by atoms with Crippen LogP contribution >= 0.6 is 0 Å². The molecule has 1 aromatic rings. The Bertz CT molecular complexity index is 439. The second-order valence-corrected chi connectivity index (χ2v) is 6.11. The van der Waals surface area contributed by atoms with Crippen LogP contribution in [0.4, 0.5) is 5.69 Å². The Morgan fingerprint density at radius 2 is 2.21 bits per heavy atom. The molecule has 1 atom stereocenters. The zero-order chi connectivity index (χ0) is 13.9. The third-order valence-electron chi connectivity index (χ3n) is 3.83. The van der Waals surface area contributed by atoms with E-state index in [9.17, 15) is 4.79 Å². The fourth-order valence-corrected chi connectivity index (χ4v) is 2.76. The first-order chi connectivity index (χ1) is 9.00. The van der Waals surface area contributed by atoms with Crippen LogP contribution in [-0.4, -0.2) is 24.0 Å². The monoisotopic (exact) mass is 261 g/mol. The van der Waals surface area contributed by atoms with E-state index in [2.05, 4.69) is 29.5 Å². The van der Waals surface area contributed by atoms with Gasteiger partial charge in [-0.1, -0.05) is 20.3 Å². The van der Waals surface area contributed by atoms with E-state index >= 15 is 0 Å². The summed E-state index contributed by atoms with van der Waals surface area (Å²) in [6.45, 7) is 4.54. The highest BCUT2D eigenvalue weighted by atomic mass is 16.1. The van der Waals surface area contributed by atoms with Crippen molar-refractivity contribution in [3.05, 3.63) is 24.0 Å². The maximum Gasteiger partial charge on any atom is 0.270 e. The van der Waals surface area contributed by atoms with Crippen molar-refractivity contribution in [1.82, 2.24) is 10.3 Å². The summed E-state index contributed by atoms with van der Waals surface area (Å²) < 4.78 is 0. The average molecular weight is 261 g/mol. The standard InChI is InChI=1S/C15H23N3O/c1-15(2)8-4-5-11(9-15)18-14(19)13-7-6-12(16-3)10-17-13/h6-7,10-11,16H,4-5,8-9H2,1-3H3,(H,18,19). The lowest BCUT2D eigenvalue weighted by Crippen LogP contribution is -2.40. The van der Waals surface area contributed by atoms with E-state index in [0.29, 0.717) is 11.1 Å². The maximum absolute atomic E-state index is 12.1. The van der Waals surface area contributed by atoms with Gasteiger partial charge in [0, 0.05) is 13.1 Å². The molecule has 1 amide bonds. The molecule has 1 unspecified atom stereocenters. The fraction of sp³-hybridized carbons (Fsp3) is 0.600. The Hall–Kier alpha value is -1.58. The lowest BCUT2D eigenvalue weighted by Gasteiger charge is -2.35. The minimum atomic E-state index is -0.0645. The first-order valence-electron chi connectivity index (χ1n) is 6.95. The molecule has 104 valence electrons. The number of nitrogens with one attached hydrogen (secondary N) is 2. The van der Waals surface area contributed by atoms with Crippen molar-refractivity contribution in [2.75, 3.05) is 12.4 Å². The number of amides is 1. The molecule has 1 fully saturated rings. The summed E-state index contributed by atoms with van der Waals surface area (Å²) in [5.74, 6) is -0.0645. The van der Waals surface area contributed by atoms with Gasteiger partial charge in [0.2, 0.25) is 0 Å². The number of hydrogen-bond donors (Lipinski definition) is 2. The van der Waals surface area contributed by atoms with Crippen LogP contribution in [0.1, 0.15) is 50.0 Å². The molecule has 0 spiro atoms. The topological polar surface area (TPSA) is 54.0 Å². The number of carbonyl (C=O) groups excluding carboxylic acids is 1. The van der Waals surface area contributed by atoms with Gasteiger partial charge < -0.3 is 10.6 Å². The molecule has 4 heteroatoms. The van der Waals surface area contributed by atoms with Crippen LogP contribution < -0.4 is 10.6 Å². The molecule has 1 saturated carbocycles. The van der Waals surface area contributed by atoms with Crippen LogP contribution in [0.5, 0.6) is 0 Å². The van der Waals surface area contributed by atoms with Crippen LogP contribution in [-0.2, 0) is 0 Å². The predicted octanol–water partition coefficient (Wildman–Crippen LogP) is 2.82. The second kappa shape index (κ2) is 5.59. The van der Waals surface area contributed by atoms with Crippen LogP contribution in [0.3, 0.4) is 0 Å². The third kappa shape index (κ3) is 3.69. The van der Waals surface area contributed by atoms with E-state index in [0.717, 1.165) is 18.5 Å². The van der Waals surface area contributed by atoms with Crippen molar-refractivity contribution < 1.29 is 4.79 Å². The molecule has 1 aliphatic rings. The highest BCUT2D eigenvalue weighted by Gasteiger charge is 2.29. The highest BCUT2D eigenvalue weighted by molar-refractivity contribution is 5.92. The van der Waals surface area contributed by atoms with E-state index in [1.807, 2.05) is 13.1 Å². The molecule has 0 aliphatic heterocycles. The fourth-order valence-electron chi connectivity index (χ4n) is 2.76. The smallest absolute Gasteiger partial charge is 0.270 e. The Morgan fingerprint density at radius 3 is 2.79 bits per heavy atom. The molecule has 19 heavy (non-hydrogen) atoms. The number of hydrogen-bond acceptors (Lipinski definition) is 3. The number of carbonyl (C=O) groups is 1. The molecule has 4 nitrogen and oxygen atoms in total. The number of pyridine rings is 1. The van der Waals surface area contributed by atoms with Crippen molar-refractivity contribution in [1.29, 1.82) is 0 Å². The van der Waals surface area contributed by atoms with E-state index in [1.165, 1.54) is 12.8 Å². The largest absolute Gasteiger partial charge is 0.387 e.